The summed E-state index contributed by atoms with van der Waals surface area (Å²) in [5.74, 6) is 0. The number of benzene rings is 2. The van der Waals surface area contributed by atoms with Gasteiger partial charge in [-0.1, -0.05) is 60.7 Å². The van der Waals surface area contributed by atoms with Crippen LogP contribution in [0.4, 0.5) is 9.59 Å². The van der Waals surface area contributed by atoms with Gasteiger partial charge in [0.15, 0.2) is 0 Å². The van der Waals surface area contributed by atoms with Crippen molar-refractivity contribution in [3.05, 3.63) is 71.8 Å². The maximum Gasteiger partial charge on any atom is 0.407 e. The molecule has 0 aliphatic rings. The summed E-state index contributed by atoms with van der Waals surface area (Å²) in [6.07, 6.45) is -1.02. The van der Waals surface area contributed by atoms with Crippen LogP contribution in [-0.2, 0) is 22.7 Å². The molecule has 3 N–H and O–H groups in total. The summed E-state index contributed by atoms with van der Waals surface area (Å²) in [6, 6.07) is 18.7. The smallest absolute Gasteiger partial charge is 0.407 e. The van der Waals surface area contributed by atoms with Crippen molar-refractivity contribution in [2.45, 2.75) is 19.3 Å². The lowest BCUT2D eigenvalue weighted by Gasteiger charge is -2.17. The third-order valence-electron chi connectivity index (χ3n) is 3.82. The minimum Gasteiger partial charge on any atom is -0.445 e. The van der Waals surface area contributed by atoms with Gasteiger partial charge in [-0.3, -0.25) is 0 Å². The van der Waals surface area contributed by atoms with Crippen LogP contribution in [0.3, 0.4) is 0 Å². The van der Waals surface area contributed by atoms with Crippen molar-refractivity contribution in [3.8, 4) is 0 Å². The van der Waals surface area contributed by atoms with Crippen LogP contribution in [0.2, 0.25) is 0 Å². The summed E-state index contributed by atoms with van der Waals surface area (Å²) in [4.78, 5) is 23.5. The third kappa shape index (κ3) is 8.24. The van der Waals surface area contributed by atoms with Crippen molar-refractivity contribution < 1.29 is 19.1 Å². The van der Waals surface area contributed by atoms with Crippen LogP contribution in [0.15, 0.2) is 60.7 Å². The number of carbonyl (C=O) groups is 2. The molecule has 0 aliphatic carbocycles. The fraction of sp³-hybridized carbons (Fsp3) is 0.300. The number of amides is 2. The molecule has 144 valence electrons. The van der Waals surface area contributed by atoms with Crippen LogP contribution < -0.4 is 16.0 Å². The van der Waals surface area contributed by atoms with Gasteiger partial charge in [0, 0.05) is 19.1 Å². The van der Waals surface area contributed by atoms with E-state index in [4.69, 9.17) is 9.47 Å². The zero-order chi connectivity index (χ0) is 19.3. The maximum atomic E-state index is 11.8. The number of hydrogen-bond donors (Lipinski definition) is 3. The highest BCUT2D eigenvalue weighted by molar-refractivity contribution is 5.68. The highest BCUT2D eigenvalue weighted by Gasteiger charge is 2.11. The monoisotopic (exact) mass is 371 g/mol. The molecule has 0 saturated heterocycles. The number of nitrogens with one attached hydrogen (secondary N) is 3. The van der Waals surface area contributed by atoms with Gasteiger partial charge in [-0.15, -0.1) is 0 Å². The van der Waals surface area contributed by atoms with Crippen LogP contribution in [0.5, 0.6) is 0 Å². The average Bonchev–Trinajstić information content (AvgIpc) is 2.72. The Kier molecular flexibility index (Phi) is 8.65. The van der Waals surface area contributed by atoms with Crippen LogP contribution in [0, 0.1) is 0 Å². The van der Waals surface area contributed by atoms with Crippen LogP contribution in [0.25, 0.3) is 0 Å². The average molecular weight is 371 g/mol. The zero-order valence-electron chi connectivity index (χ0n) is 15.3. The minimum atomic E-state index is -0.509. The third-order valence-corrected chi connectivity index (χ3v) is 3.82. The lowest BCUT2D eigenvalue weighted by atomic mass is 10.2. The molecule has 2 aromatic carbocycles. The predicted molar refractivity (Wildman–Crippen MR) is 102 cm³/mol. The molecule has 0 saturated carbocycles. The van der Waals surface area contributed by atoms with Crippen LogP contribution in [-0.4, -0.2) is 38.4 Å². The largest absolute Gasteiger partial charge is 0.445 e. The van der Waals surface area contributed by atoms with Crippen molar-refractivity contribution in [1.29, 1.82) is 0 Å². The van der Waals surface area contributed by atoms with Gasteiger partial charge in [0.1, 0.15) is 13.2 Å². The molecule has 27 heavy (non-hydrogen) atoms. The van der Waals surface area contributed by atoms with Gasteiger partial charge >= 0.3 is 12.2 Å². The summed E-state index contributed by atoms with van der Waals surface area (Å²) in [5, 5.41) is 8.36. The van der Waals surface area contributed by atoms with E-state index < -0.39 is 12.2 Å². The molecule has 0 radical (unpaired) electrons. The van der Waals surface area contributed by atoms with E-state index >= 15 is 0 Å². The minimum absolute atomic E-state index is 0.154. The van der Waals surface area contributed by atoms with E-state index in [1.54, 1.807) is 7.05 Å². The first-order valence-electron chi connectivity index (χ1n) is 8.73. The van der Waals surface area contributed by atoms with Gasteiger partial charge in [-0.2, -0.15) is 0 Å². The van der Waals surface area contributed by atoms with Gasteiger partial charge in [0.25, 0.3) is 0 Å². The molecule has 7 nitrogen and oxygen atoms in total. The summed E-state index contributed by atoms with van der Waals surface area (Å²) >= 11 is 0. The Balaban J connectivity index is 1.61. The number of carbonyl (C=O) groups excluding carboxylic acids is 2. The second-order valence-electron chi connectivity index (χ2n) is 5.87. The molecule has 0 aromatic heterocycles. The molecule has 0 spiro atoms. The molecular weight excluding hydrogens is 346 g/mol. The predicted octanol–water partition coefficient (Wildman–Crippen LogP) is 2.43. The lowest BCUT2D eigenvalue weighted by molar-refractivity contribution is 0.136. The number of likely N-dealkylation sites (N-methyl/N-ethyl adjacent to an activating group) is 1. The highest BCUT2D eigenvalue weighted by atomic mass is 16.6. The van der Waals surface area contributed by atoms with E-state index in [0.717, 1.165) is 11.1 Å². The molecule has 0 bridgehead atoms. The number of rotatable bonds is 9. The first-order chi connectivity index (χ1) is 13.2. The van der Waals surface area contributed by atoms with Gasteiger partial charge in [0.2, 0.25) is 0 Å². The van der Waals surface area contributed by atoms with E-state index in [0.29, 0.717) is 13.1 Å². The van der Waals surface area contributed by atoms with Crippen molar-refractivity contribution >= 4 is 12.2 Å². The fourth-order valence-corrected chi connectivity index (χ4v) is 2.24. The Morgan fingerprint density at radius 2 is 1.19 bits per heavy atom. The highest BCUT2D eigenvalue weighted by Crippen LogP contribution is 2.01. The molecule has 0 unspecified atom stereocenters. The second-order valence-corrected chi connectivity index (χ2v) is 5.87. The summed E-state index contributed by atoms with van der Waals surface area (Å²) in [5.41, 5.74) is 1.83. The number of alkyl carbamates (subject to hydrolysis) is 2. The van der Waals surface area contributed by atoms with E-state index in [1.807, 2.05) is 60.7 Å². The zero-order valence-corrected chi connectivity index (χ0v) is 15.3. The molecule has 2 aromatic rings. The van der Waals surface area contributed by atoms with Crippen LogP contribution >= 0.6 is 0 Å². The van der Waals surface area contributed by atoms with Crippen molar-refractivity contribution in [3.63, 3.8) is 0 Å². The van der Waals surface area contributed by atoms with E-state index in [-0.39, 0.29) is 19.3 Å². The van der Waals surface area contributed by atoms with Gasteiger partial charge in [-0.25, -0.2) is 9.59 Å². The quantitative estimate of drug-likeness (QED) is 0.630. The fourth-order valence-electron chi connectivity index (χ4n) is 2.24. The SMILES string of the molecule is CNC(CNC(=O)OCc1ccccc1)CNC(=O)OCc1ccccc1. The van der Waals surface area contributed by atoms with E-state index in [9.17, 15) is 9.59 Å². The Morgan fingerprint density at radius 1 is 0.778 bits per heavy atom. The molecule has 0 atom stereocenters. The summed E-state index contributed by atoms with van der Waals surface area (Å²) < 4.78 is 10.3. The van der Waals surface area contributed by atoms with Crippen molar-refractivity contribution in [2.75, 3.05) is 20.1 Å². The molecule has 0 fully saturated rings. The molecule has 0 aliphatic heterocycles. The molecule has 7 heteroatoms. The maximum absolute atomic E-state index is 11.8. The van der Waals surface area contributed by atoms with Gasteiger partial charge < -0.3 is 25.4 Å². The van der Waals surface area contributed by atoms with E-state index in [2.05, 4.69) is 16.0 Å². The first-order valence-corrected chi connectivity index (χ1v) is 8.73. The standard InChI is InChI=1S/C20H25N3O4/c1-21-18(12-22-19(24)26-14-16-8-4-2-5-9-16)13-23-20(25)27-15-17-10-6-3-7-11-17/h2-11,18,21H,12-15H2,1H3,(H,22,24)(H,23,25). The first kappa shape index (κ1) is 20.3. The normalized spacial score (nSPS) is 10.3. The Hall–Kier alpha value is -3.06. The number of hydrogen-bond acceptors (Lipinski definition) is 5. The van der Waals surface area contributed by atoms with Crippen molar-refractivity contribution in [1.82, 2.24) is 16.0 Å². The molecule has 2 rings (SSSR count). The molecule has 0 heterocycles. The van der Waals surface area contributed by atoms with E-state index in [1.165, 1.54) is 0 Å². The molecule has 2 amide bonds. The summed E-state index contributed by atoms with van der Waals surface area (Å²) in [7, 11) is 1.75. The number of ether oxygens (including phenoxy) is 2. The Labute approximate surface area is 159 Å². The molecular formula is C20H25N3O4. The summed E-state index contributed by atoms with van der Waals surface area (Å²) in [6.45, 7) is 1.04. The van der Waals surface area contributed by atoms with Gasteiger partial charge in [-0.05, 0) is 18.2 Å². The second kappa shape index (κ2) is 11.5. The van der Waals surface area contributed by atoms with Gasteiger partial charge in [0.05, 0.1) is 0 Å². The lowest BCUT2D eigenvalue weighted by Crippen LogP contribution is -2.46. The van der Waals surface area contributed by atoms with Crippen molar-refractivity contribution in [2.24, 2.45) is 0 Å². The Morgan fingerprint density at radius 3 is 1.56 bits per heavy atom. The topological polar surface area (TPSA) is 88.7 Å². The Bertz CT molecular complexity index is 635. The van der Waals surface area contributed by atoms with Crippen LogP contribution in [0.1, 0.15) is 11.1 Å².